The van der Waals surface area contributed by atoms with E-state index in [0.29, 0.717) is 24.5 Å². The Labute approximate surface area is 170 Å². The molecule has 0 aliphatic carbocycles. The van der Waals surface area contributed by atoms with E-state index in [-0.39, 0.29) is 30.1 Å². The molecule has 1 fully saturated rings. The third-order valence-electron chi connectivity index (χ3n) is 5.00. The average molecular weight is 435 g/mol. The zero-order chi connectivity index (χ0) is 20.6. The van der Waals surface area contributed by atoms with Crippen molar-refractivity contribution < 1.29 is 18.0 Å². The molecule has 0 saturated carbocycles. The Bertz CT molecular complexity index is 867. The van der Waals surface area contributed by atoms with Crippen molar-refractivity contribution in [1.82, 2.24) is 14.7 Å². The number of carbonyl (C=O) groups is 1. The second kappa shape index (κ2) is 7.93. The summed E-state index contributed by atoms with van der Waals surface area (Å²) in [5.41, 5.74) is 6.23. The van der Waals surface area contributed by atoms with Crippen LogP contribution in [0.1, 0.15) is 29.3 Å². The highest BCUT2D eigenvalue weighted by Crippen LogP contribution is 2.35. The minimum absolute atomic E-state index is 0.0824. The molecule has 1 aromatic heterocycles. The maximum Gasteiger partial charge on any atom is 0.436 e. The highest BCUT2D eigenvalue weighted by atomic mass is 35.5. The van der Waals surface area contributed by atoms with E-state index in [1.54, 1.807) is 17.0 Å². The smallest absolute Gasteiger partial charge is 0.339 e. The predicted molar refractivity (Wildman–Crippen MR) is 100 cm³/mol. The van der Waals surface area contributed by atoms with Gasteiger partial charge in [0, 0.05) is 30.1 Å². The average Bonchev–Trinajstić information content (AvgIpc) is 2.91. The van der Waals surface area contributed by atoms with E-state index in [0.717, 1.165) is 10.2 Å². The molecular formula is C18H19Cl2F3N4O. The Morgan fingerprint density at radius 1 is 1.29 bits per heavy atom. The molecular weight excluding hydrogens is 416 g/mol. The summed E-state index contributed by atoms with van der Waals surface area (Å²) in [5.74, 6) is -0.264. The number of hydrogen-bond donors (Lipinski definition) is 1. The lowest BCUT2D eigenvalue weighted by molar-refractivity contribution is -0.142. The van der Waals surface area contributed by atoms with Crippen LogP contribution in [-0.2, 0) is 17.5 Å². The summed E-state index contributed by atoms with van der Waals surface area (Å²) in [6.07, 6.45) is -4.02. The zero-order valence-electron chi connectivity index (χ0n) is 15.0. The second-order valence-electron chi connectivity index (χ2n) is 6.85. The quantitative estimate of drug-likeness (QED) is 0.797. The maximum atomic E-state index is 12.9. The first kappa shape index (κ1) is 21.0. The number of halogens is 5. The van der Waals surface area contributed by atoms with Gasteiger partial charge in [-0.15, -0.1) is 0 Å². The van der Waals surface area contributed by atoms with Gasteiger partial charge in [-0.3, -0.25) is 9.48 Å². The number of likely N-dealkylation sites (tertiary alicyclic amines) is 1. The number of benzene rings is 1. The topological polar surface area (TPSA) is 64.2 Å². The number of alkyl halides is 3. The molecule has 2 unspecified atom stereocenters. The summed E-state index contributed by atoms with van der Waals surface area (Å²) in [6, 6.07) is 7.13. The van der Waals surface area contributed by atoms with Crippen molar-refractivity contribution in [3.63, 3.8) is 0 Å². The zero-order valence-corrected chi connectivity index (χ0v) is 16.5. The fourth-order valence-electron chi connectivity index (χ4n) is 3.42. The lowest BCUT2D eigenvalue weighted by atomic mass is 9.86. The number of aromatic nitrogens is 2. The van der Waals surface area contributed by atoms with E-state index in [4.69, 9.17) is 28.9 Å². The molecule has 5 nitrogen and oxygen atoms in total. The van der Waals surface area contributed by atoms with Gasteiger partial charge < -0.3 is 10.6 Å². The summed E-state index contributed by atoms with van der Waals surface area (Å²) >= 11 is 11.6. The van der Waals surface area contributed by atoms with Gasteiger partial charge in [0.05, 0.1) is 10.7 Å². The fourth-order valence-corrected chi connectivity index (χ4v) is 3.79. The van der Waals surface area contributed by atoms with Gasteiger partial charge in [-0.2, -0.15) is 18.3 Å². The molecule has 0 spiro atoms. The molecule has 28 heavy (non-hydrogen) atoms. The molecule has 152 valence electrons. The molecule has 0 radical (unpaired) electrons. The van der Waals surface area contributed by atoms with Crippen molar-refractivity contribution in [3.8, 4) is 0 Å². The van der Waals surface area contributed by atoms with Crippen LogP contribution in [0.25, 0.3) is 0 Å². The largest absolute Gasteiger partial charge is 0.436 e. The van der Waals surface area contributed by atoms with Gasteiger partial charge in [-0.1, -0.05) is 35.3 Å². The number of amides is 1. The standard InChI is InChI=1S/C18H19Cl2F3N4O/c1-10-16(20)17(18(21,22)23)25-27(10)9-15(28)26-7-6-13(14(24)8-26)11-2-4-12(19)5-3-11/h2-5,13-14H,6-9,24H2,1H3. The number of nitrogens with zero attached hydrogens (tertiary/aromatic N) is 3. The third-order valence-corrected chi connectivity index (χ3v) is 5.70. The van der Waals surface area contributed by atoms with Gasteiger partial charge >= 0.3 is 6.18 Å². The van der Waals surface area contributed by atoms with Crippen molar-refractivity contribution in [1.29, 1.82) is 0 Å². The normalized spacial score (nSPS) is 20.5. The van der Waals surface area contributed by atoms with Crippen molar-refractivity contribution in [2.45, 2.75) is 38.0 Å². The Morgan fingerprint density at radius 2 is 1.93 bits per heavy atom. The first-order chi connectivity index (χ1) is 13.1. The SMILES string of the molecule is Cc1c(Cl)c(C(F)(F)F)nn1CC(=O)N1CCC(c2ccc(Cl)cc2)C(N)C1. The van der Waals surface area contributed by atoms with Crippen molar-refractivity contribution >= 4 is 29.1 Å². The summed E-state index contributed by atoms with van der Waals surface area (Å²) in [7, 11) is 0. The van der Waals surface area contributed by atoms with Crippen LogP contribution < -0.4 is 5.73 Å². The third kappa shape index (κ3) is 4.29. The van der Waals surface area contributed by atoms with Gasteiger partial charge in [0.2, 0.25) is 5.91 Å². The number of hydrogen-bond acceptors (Lipinski definition) is 3. The Kier molecular flexibility index (Phi) is 5.93. The molecule has 2 N–H and O–H groups in total. The van der Waals surface area contributed by atoms with E-state index in [2.05, 4.69) is 5.10 Å². The molecule has 1 saturated heterocycles. The lowest BCUT2D eigenvalue weighted by Crippen LogP contribution is -2.50. The molecule has 1 aliphatic heterocycles. The highest BCUT2D eigenvalue weighted by Gasteiger charge is 2.38. The lowest BCUT2D eigenvalue weighted by Gasteiger charge is -2.37. The highest BCUT2D eigenvalue weighted by molar-refractivity contribution is 6.32. The van der Waals surface area contributed by atoms with Crippen LogP contribution in [0.5, 0.6) is 0 Å². The van der Waals surface area contributed by atoms with Gasteiger partial charge in [-0.25, -0.2) is 0 Å². The molecule has 10 heteroatoms. The first-order valence-corrected chi connectivity index (χ1v) is 9.42. The summed E-state index contributed by atoms with van der Waals surface area (Å²) < 4.78 is 39.8. The van der Waals surface area contributed by atoms with Gasteiger partial charge in [-0.05, 0) is 31.0 Å². The van der Waals surface area contributed by atoms with Crippen molar-refractivity contribution in [2.75, 3.05) is 13.1 Å². The molecule has 1 amide bonds. The fraction of sp³-hybridized carbons (Fsp3) is 0.444. The maximum absolute atomic E-state index is 12.9. The molecule has 3 rings (SSSR count). The van der Waals surface area contributed by atoms with Crippen LogP contribution in [-0.4, -0.2) is 39.7 Å². The Morgan fingerprint density at radius 3 is 2.46 bits per heavy atom. The van der Waals surface area contributed by atoms with E-state index in [9.17, 15) is 18.0 Å². The van der Waals surface area contributed by atoms with Crippen LogP contribution in [0.4, 0.5) is 13.2 Å². The number of carbonyl (C=O) groups excluding carboxylic acids is 1. The van der Waals surface area contributed by atoms with E-state index in [1.807, 2.05) is 12.1 Å². The summed E-state index contributed by atoms with van der Waals surface area (Å²) in [4.78, 5) is 14.1. The Balaban J connectivity index is 1.68. The van der Waals surface area contributed by atoms with Crippen LogP contribution in [0, 0.1) is 6.92 Å². The molecule has 2 heterocycles. The minimum Gasteiger partial charge on any atom is -0.339 e. The van der Waals surface area contributed by atoms with E-state index < -0.39 is 16.9 Å². The first-order valence-electron chi connectivity index (χ1n) is 8.67. The number of piperidine rings is 1. The van der Waals surface area contributed by atoms with Crippen molar-refractivity contribution in [3.05, 3.63) is 51.3 Å². The van der Waals surface area contributed by atoms with E-state index >= 15 is 0 Å². The summed E-state index contributed by atoms with van der Waals surface area (Å²) in [5, 5.41) is 3.62. The van der Waals surface area contributed by atoms with Crippen LogP contribution in [0.15, 0.2) is 24.3 Å². The Hall–Kier alpha value is -1.77. The van der Waals surface area contributed by atoms with Gasteiger partial charge in [0.25, 0.3) is 0 Å². The van der Waals surface area contributed by atoms with Gasteiger partial charge in [0.1, 0.15) is 6.54 Å². The van der Waals surface area contributed by atoms with Gasteiger partial charge in [0.15, 0.2) is 5.69 Å². The summed E-state index contributed by atoms with van der Waals surface area (Å²) in [6.45, 7) is 1.85. The molecule has 0 bridgehead atoms. The van der Waals surface area contributed by atoms with Crippen molar-refractivity contribution in [2.24, 2.45) is 5.73 Å². The second-order valence-corrected chi connectivity index (χ2v) is 7.67. The van der Waals surface area contributed by atoms with Crippen LogP contribution in [0.2, 0.25) is 10.0 Å². The monoisotopic (exact) mass is 434 g/mol. The molecule has 2 aromatic rings. The molecule has 2 atom stereocenters. The number of nitrogens with two attached hydrogens (primary N) is 1. The minimum atomic E-state index is -4.67. The van der Waals surface area contributed by atoms with Crippen LogP contribution in [0.3, 0.4) is 0 Å². The molecule has 1 aliphatic rings. The van der Waals surface area contributed by atoms with Crippen LogP contribution >= 0.6 is 23.2 Å². The number of rotatable bonds is 3. The van der Waals surface area contributed by atoms with E-state index in [1.165, 1.54) is 6.92 Å². The predicted octanol–water partition coefficient (Wildman–Crippen LogP) is 3.86. The molecule has 1 aromatic carbocycles.